The number of piperidine rings is 1. The second kappa shape index (κ2) is 7.30. The number of likely N-dealkylation sites (tertiary alicyclic amines) is 1. The van der Waals surface area contributed by atoms with Crippen LogP contribution >= 0.6 is 12.4 Å². The Morgan fingerprint density at radius 1 is 1.25 bits per heavy atom. The van der Waals surface area contributed by atoms with E-state index in [1.165, 1.54) is 29.7 Å². The van der Waals surface area contributed by atoms with E-state index in [2.05, 4.69) is 49.2 Å². The number of rotatable bonds is 4. The summed E-state index contributed by atoms with van der Waals surface area (Å²) in [5.74, 6) is 0. The van der Waals surface area contributed by atoms with Crippen molar-refractivity contribution in [3.05, 3.63) is 29.3 Å². The number of anilines is 1. The lowest BCUT2D eigenvalue weighted by molar-refractivity contribution is 0.0648. The summed E-state index contributed by atoms with van der Waals surface area (Å²) in [6.45, 7) is 8.59. The number of aliphatic hydroxyl groups excluding tert-OH is 1. The predicted octanol–water partition coefficient (Wildman–Crippen LogP) is 3.33. The number of para-hydroxylation sites is 1. The van der Waals surface area contributed by atoms with Crippen molar-refractivity contribution in [1.29, 1.82) is 0 Å². The Hall–Kier alpha value is -0.770. The molecule has 1 aromatic rings. The number of aryl methyl sites for hydroxylation is 2. The molecule has 0 bridgehead atoms. The van der Waals surface area contributed by atoms with Crippen LogP contribution in [0.1, 0.15) is 37.3 Å². The molecular formula is C16H27ClN2O. The van der Waals surface area contributed by atoms with Crippen molar-refractivity contribution in [2.75, 3.05) is 25.0 Å². The minimum atomic E-state index is -0.0438. The van der Waals surface area contributed by atoms with Crippen molar-refractivity contribution >= 4 is 18.1 Å². The maximum Gasteiger partial charge on any atom is 0.0878 e. The highest BCUT2D eigenvalue weighted by molar-refractivity contribution is 5.85. The third-order valence-corrected chi connectivity index (χ3v) is 4.28. The van der Waals surface area contributed by atoms with Crippen molar-refractivity contribution in [2.45, 2.75) is 45.7 Å². The molecule has 0 saturated carbocycles. The van der Waals surface area contributed by atoms with E-state index in [1.807, 2.05) is 0 Å². The van der Waals surface area contributed by atoms with Crippen LogP contribution in [-0.4, -0.2) is 35.4 Å². The molecule has 1 unspecified atom stereocenters. The van der Waals surface area contributed by atoms with Crippen molar-refractivity contribution < 1.29 is 5.11 Å². The van der Waals surface area contributed by atoms with Gasteiger partial charge in [0.2, 0.25) is 0 Å². The van der Waals surface area contributed by atoms with Gasteiger partial charge in [0, 0.05) is 18.8 Å². The highest BCUT2D eigenvalue weighted by Crippen LogP contribution is 2.31. The Kier molecular flexibility index (Phi) is 6.31. The first-order valence-corrected chi connectivity index (χ1v) is 7.27. The molecular weight excluding hydrogens is 272 g/mol. The van der Waals surface area contributed by atoms with E-state index in [-0.39, 0.29) is 24.7 Å². The summed E-state index contributed by atoms with van der Waals surface area (Å²) < 4.78 is 0. The first-order chi connectivity index (χ1) is 9.07. The Labute approximate surface area is 128 Å². The third kappa shape index (κ3) is 3.66. The number of benzene rings is 1. The molecule has 1 aromatic carbocycles. The van der Waals surface area contributed by atoms with E-state index in [4.69, 9.17) is 0 Å². The lowest BCUT2D eigenvalue weighted by Crippen LogP contribution is -2.56. The number of β-amino-alcohol motifs (C(OH)–C–C–N with tert-alkyl or cyclic N) is 1. The molecule has 1 heterocycles. The molecule has 0 amide bonds. The Morgan fingerprint density at radius 2 is 1.90 bits per heavy atom. The van der Waals surface area contributed by atoms with Crippen LogP contribution in [0.3, 0.4) is 0 Å². The minimum absolute atomic E-state index is 0. The smallest absolute Gasteiger partial charge is 0.0878 e. The highest BCUT2D eigenvalue weighted by Gasteiger charge is 2.34. The molecule has 3 nitrogen and oxygen atoms in total. The number of nitrogens with zero attached hydrogens (tertiary/aromatic N) is 1. The van der Waals surface area contributed by atoms with Crippen molar-refractivity contribution in [1.82, 2.24) is 4.90 Å². The molecule has 1 aliphatic heterocycles. The van der Waals surface area contributed by atoms with Gasteiger partial charge in [-0.25, -0.2) is 0 Å². The molecule has 0 aliphatic carbocycles. The normalized spacial score (nSPS) is 23.2. The molecule has 114 valence electrons. The molecule has 2 rings (SSSR count). The van der Waals surface area contributed by atoms with Crippen LogP contribution in [-0.2, 0) is 0 Å². The maximum atomic E-state index is 9.26. The molecule has 1 fully saturated rings. The highest BCUT2D eigenvalue weighted by atomic mass is 35.5. The van der Waals surface area contributed by atoms with Crippen LogP contribution in [0.5, 0.6) is 0 Å². The quantitative estimate of drug-likeness (QED) is 0.895. The number of aliphatic hydroxyl groups is 1. The SMILES string of the molecule is Cc1cccc(C)c1NC1(C)CCCCN1CCO.Cl. The summed E-state index contributed by atoms with van der Waals surface area (Å²) in [7, 11) is 0. The second-order valence-electron chi connectivity index (χ2n) is 5.83. The van der Waals surface area contributed by atoms with E-state index in [9.17, 15) is 5.11 Å². The topological polar surface area (TPSA) is 35.5 Å². The predicted molar refractivity (Wildman–Crippen MR) is 87.7 cm³/mol. The van der Waals surface area contributed by atoms with Crippen molar-refractivity contribution in [3.8, 4) is 0 Å². The summed E-state index contributed by atoms with van der Waals surface area (Å²) in [4.78, 5) is 2.38. The fraction of sp³-hybridized carbons (Fsp3) is 0.625. The number of halogens is 1. The van der Waals surface area contributed by atoms with Crippen LogP contribution in [0, 0.1) is 13.8 Å². The average Bonchev–Trinajstić information content (AvgIpc) is 2.38. The number of nitrogens with one attached hydrogen (secondary N) is 1. The molecule has 2 N–H and O–H groups in total. The van der Waals surface area contributed by atoms with Gasteiger partial charge in [0.1, 0.15) is 0 Å². The molecule has 0 spiro atoms. The van der Waals surface area contributed by atoms with Crippen molar-refractivity contribution in [3.63, 3.8) is 0 Å². The van der Waals surface area contributed by atoms with Gasteiger partial charge < -0.3 is 10.4 Å². The molecule has 0 aromatic heterocycles. The number of hydrogen-bond acceptors (Lipinski definition) is 3. The fourth-order valence-electron chi connectivity index (χ4n) is 3.08. The van der Waals surface area contributed by atoms with Crippen LogP contribution in [0.25, 0.3) is 0 Å². The first kappa shape index (κ1) is 17.3. The third-order valence-electron chi connectivity index (χ3n) is 4.28. The van der Waals surface area contributed by atoms with Gasteiger partial charge in [0.25, 0.3) is 0 Å². The van der Waals surface area contributed by atoms with Gasteiger partial charge in [-0.3, -0.25) is 4.90 Å². The van der Waals surface area contributed by atoms with Crippen LogP contribution < -0.4 is 5.32 Å². The van der Waals surface area contributed by atoms with Crippen LogP contribution in [0.4, 0.5) is 5.69 Å². The van der Waals surface area contributed by atoms with Gasteiger partial charge in [-0.2, -0.15) is 0 Å². The fourth-order valence-corrected chi connectivity index (χ4v) is 3.08. The maximum absolute atomic E-state index is 9.26. The zero-order valence-corrected chi connectivity index (χ0v) is 13.6. The van der Waals surface area contributed by atoms with E-state index >= 15 is 0 Å². The van der Waals surface area contributed by atoms with E-state index in [0.29, 0.717) is 0 Å². The van der Waals surface area contributed by atoms with Gasteiger partial charge in [0.05, 0.1) is 12.3 Å². The molecule has 20 heavy (non-hydrogen) atoms. The van der Waals surface area contributed by atoms with E-state index in [1.54, 1.807) is 0 Å². The Balaban J connectivity index is 0.00000200. The van der Waals surface area contributed by atoms with Crippen molar-refractivity contribution in [2.24, 2.45) is 0 Å². The zero-order chi connectivity index (χ0) is 13.9. The molecule has 1 aliphatic rings. The summed E-state index contributed by atoms with van der Waals surface area (Å²) in [6.07, 6.45) is 3.60. The second-order valence-corrected chi connectivity index (χ2v) is 5.83. The van der Waals surface area contributed by atoms with Gasteiger partial charge in [-0.1, -0.05) is 18.2 Å². The van der Waals surface area contributed by atoms with Crippen LogP contribution in [0.15, 0.2) is 18.2 Å². The Bertz CT molecular complexity index is 416. The van der Waals surface area contributed by atoms with Gasteiger partial charge in [-0.15, -0.1) is 12.4 Å². The summed E-state index contributed by atoms with van der Waals surface area (Å²) in [5.41, 5.74) is 3.78. The molecule has 4 heteroatoms. The van der Waals surface area contributed by atoms with E-state index in [0.717, 1.165) is 19.5 Å². The van der Waals surface area contributed by atoms with E-state index < -0.39 is 0 Å². The largest absolute Gasteiger partial charge is 0.395 e. The first-order valence-electron chi connectivity index (χ1n) is 7.27. The summed E-state index contributed by atoms with van der Waals surface area (Å²) >= 11 is 0. The van der Waals surface area contributed by atoms with Gasteiger partial charge >= 0.3 is 0 Å². The van der Waals surface area contributed by atoms with Gasteiger partial charge in [-0.05, 0) is 51.2 Å². The molecule has 1 saturated heterocycles. The summed E-state index contributed by atoms with van der Waals surface area (Å²) in [6, 6.07) is 6.40. The lowest BCUT2D eigenvalue weighted by atomic mass is 9.95. The lowest BCUT2D eigenvalue weighted by Gasteiger charge is -2.46. The molecule has 0 radical (unpaired) electrons. The number of hydrogen-bond donors (Lipinski definition) is 2. The molecule has 1 atom stereocenters. The zero-order valence-electron chi connectivity index (χ0n) is 12.8. The monoisotopic (exact) mass is 298 g/mol. The average molecular weight is 299 g/mol. The van der Waals surface area contributed by atoms with Crippen LogP contribution in [0.2, 0.25) is 0 Å². The van der Waals surface area contributed by atoms with Gasteiger partial charge in [0.15, 0.2) is 0 Å². The Morgan fingerprint density at radius 3 is 2.50 bits per heavy atom. The summed E-state index contributed by atoms with van der Waals surface area (Å²) in [5, 5.41) is 13.0. The standard InChI is InChI=1S/C16H26N2O.ClH/c1-13-7-6-8-14(2)15(13)17-16(3)9-4-5-10-18(16)11-12-19;/h6-8,17,19H,4-5,9-12H2,1-3H3;1H. The minimum Gasteiger partial charge on any atom is -0.395 e.